The highest BCUT2D eigenvalue weighted by Gasteiger charge is 2.32. The van der Waals surface area contributed by atoms with Crippen molar-refractivity contribution < 1.29 is 18.0 Å². The third kappa shape index (κ3) is 4.08. The van der Waals surface area contributed by atoms with Crippen LogP contribution in [0.1, 0.15) is 16.8 Å². The molecule has 0 atom stereocenters. The highest BCUT2D eigenvalue weighted by atomic mass is 19.4. The summed E-state index contributed by atoms with van der Waals surface area (Å²) in [6.45, 7) is -0.231. The minimum absolute atomic E-state index is 0.0182. The lowest BCUT2D eigenvalue weighted by Gasteiger charge is -2.11. The van der Waals surface area contributed by atoms with Crippen molar-refractivity contribution in [2.45, 2.75) is 12.7 Å². The molecule has 4 rings (SSSR count). The number of carbonyl (C=O) groups excluding carboxylic acids is 1. The lowest BCUT2D eigenvalue weighted by atomic mass is 10.1. The molecule has 146 valence electrons. The van der Waals surface area contributed by atoms with Crippen LogP contribution < -0.4 is 10.6 Å². The Morgan fingerprint density at radius 2 is 1.83 bits per heavy atom. The number of nitrogens with zero attached hydrogens (tertiary/aromatic N) is 3. The van der Waals surface area contributed by atoms with Crippen molar-refractivity contribution in [2.75, 3.05) is 0 Å². The van der Waals surface area contributed by atoms with Gasteiger partial charge < -0.3 is 5.32 Å². The Hall–Kier alpha value is -3.75. The maximum Gasteiger partial charge on any atom is 0.416 e. The van der Waals surface area contributed by atoms with Crippen molar-refractivity contribution in [1.82, 2.24) is 20.6 Å². The zero-order valence-corrected chi connectivity index (χ0v) is 14.9. The molecule has 0 aliphatic carbocycles. The van der Waals surface area contributed by atoms with Gasteiger partial charge in [0.25, 0.3) is 5.91 Å². The number of aliphatic imine (C=N–C) groups is 1. The molecule has 1 saturated heterocycles. The number of alkyl halides is 3. The normalized spacial score (nSPS) is 17.0. The maximum atomic E-state index is 13.1. The number of pyridine rings is 2. The standard InChI is InChI=1S/C20H14F3N5O/c21-20(22,23)14-5-2-1-4-12(14)11-25-19-27-17(18(29)28-19)10-13-7-8-15-16(26-13)6-3-9-24-15/h1-10H,11H2,(H2,25,27,28,29). The van der Waals surface area contributed by atoms with Crippen LogP contribution in [0.5, 0.6) is 0 Å². The fourth-order valence-electron chi connectivity index (χ4n) is 2.87. The van der Waals surface area contributed by atoms with Gasteiger partial charge in [0.1, 0.15) is 5.70 Å². The van der Waals surface area contributed by atoms with Crippen LogP contribution in [0.4, 0.5) is 13.2 Å². The second-order valence-electron chi connectivity index (χ2n) is 6.23. The average Bonchev–Trinajstić information content (AvgIpc) is 3.05. The van der Waals surface area contributed by atoms with E-state index in [4.69, 9.17) is 0 Å². The van der Waals surface area contributed by atoms with Crippen molar-refractivity contribution in [2.24, 2.45) is 4.99 Å². The monoisotopic (exact) mass is 397 g/mol. The summed E-state index contributed by atoms with van der Waals surface area (Å²) in [7, 11) is 0. The molecule has 0 radical (unpaired) electrons. The Kier molecular flexibility index (Phi) is 4.71. The molecule has 29 heavy (non-hydrogen) atoms. The lowest BCUT2D eigenvalue weighted by Crippen LogP contribution is -2.25. The number of fused-ring (bicyclic) bond motifs is 1. The van der Waals surface area contributed by atoms with E-state index in [1.54, 1.807) is 30.5 Å². The maximum absolute atomic E-state index is 13.1. The SMILES string of the molecule is O=C1NC(=NCc2ccccc2C(F)(F)F)NC1=Cc1ccc2ncccc2n1. The lowest BCUT2D eigenvalue weighted by molar-refractivity contribution is -0.138. The van der Waals surface area contributed by atoms with Crippen molar-refractivity contribution >= 4 is 29.0 Å². The van der Waals surface area contributed by atoms with E-state index < -0.39 is 17.6 Å². The summed E-state index contributed by atoms with van der Waals surface area (Å²) in [6, 6.07) is 12.2. The van der Waals surface area contributed by atoms with Crippen LogP contribution in [0, 0.1) is 0 Å². The van der Waals surface area contributed by atoms with E-state index in [1.165, 1.54) is 24.3 Å². The molecule has 1 fully saturated rings. The average molecular weight is 397 g/mol. The molecular weight excluding hydrogens is 383 g/mol. The molecule has 9 heteroatoms. The number of amides is 1. The van der Waals surface area contributed by atoms with Gasteiger partial charge in [-0.15, -0.1) is 0 Å². The van der Waals surface area contributed by atoms with Gasteiger partial charge >= 0.3 is 6.18 Å². The summed E-state index contributed by atoms with van der Waals surface area (Å²) in [5, 5.41) is 5.28. The third-order valence-electron chi connectivity index (χ3n) is 4.23. The van der Waals surface area contributed by atoms with E-state index in [9.17, 15) is 18.0 Å². The fraction of sp³-hybridized carbons (Fsp3) is 0.100. The van der Waals surface area contributed by atoms with Crippen LogP contribution in [0.3, 0.4) is 0 Å². The molecule has 1 amide bonds. The molecule has 6 nitrogen and oxygen atoms in total. The summed E-state index contributed by atoms with van der Waals surface area (Å²) < 4.78 is 39.2. The first-order chi connectivity index (χ1) is 13.9. The Morgan fingerprint density at radius 3 is 2.66 bits per heavy atom. The molecule has 3 heterocycles. The van der Waals surface area contributed by atoms with Gasteiger partial charge in [-0.25, -0.2) is 9.98 Å². The van der Waals surface area contributed by atoms with Gasteiger partial charge in [-0.05, 0) is 42.0 Å². The zero-order chi connectivity index (χ0) is 20.4. The van der Waals surface area contributed by atoms with Crippen LogP contribution in [0.15, 0.2) is 65.4 Å². The van der Waals surface area contributed by atoms with E-state index in [0.717, 1.165) is 11.6 Å². The zero-order valence-electron chi connectivity index (χ0n) is 14.9. The van der Waals surface area contributed by atoms with Gasteiger partial charge in [0, 0.05) is 6.20 Å². The fourth-order valence-corrected chi connectivity index (χ4v) is 2.87. The Bertz CT molecular complexity index is 1150. The van der Waals surface area contributed by atoms with Crippen LogP contribution in [-0.2, 0) is 17.5 Å². The van der Waals surface area contributed by atoms with E-state index in [2.05, 4.69) is 25.6 Å². The number of aromatic nitrogens is 2. The Balaban J connectivity index is 1.54. The van der Waals surface area contributed by atoms with E-state index in [1.807, 2.05) is 0 Å². The molecule has 1 aromatic carbocycles. The van der Waals surface area contributed by atoms with Gasteiger partial charge in [-0.2, -0.15) is 13.2 Å². The topological polar surface area (TPSA) is 79.3 Å². The highest BCUT2D eigenvalue weighted by molar-refractivity contribution is 6.15. The molecule has 1 aliphatic rings. The first kappa shape index (κ1) is 18.6. The molecule has 1 aliphatic heterocycles. The van der Waals surface area contributed by atoms with Crippen molar-refractivity contribution in [3.63, 3.8) is 0 Å². The number of halogens is 3. The summed E-state index contributed by atoms with van der Waals surface area (Å²) in [4.78, 5) is 24.8. The quantitative estimate of drug-likeness (QED) is 0.665. The predicted molar refractivity (Wildman–Crippen MR) is 101 cm³/mol. The first-order valence-electron chi connectivity index (χ1n) is 8.61. The summed E-state index contributed by atoms with van der Waals surface area (Å²) in [5.41, 5.74) is 1.40. The van der Waals surface area contributed by atoms with E-state index in [0.29, 0.717) is 11.2 Å². The number of hydrogen-bond donors (Lipinski definition) is 2. The number of benzene rings is 1. The molecule has 3 aromatic rings. The second-order valence-corrected chi connectivity index (χ2v) is 6.23. The van der Waals surface area contributed by atoms with E-state index in [-0.39, 0.29) is 23.8 Å². The van der Waals surface area contributed by atoms with Gasteiger partial charge in [-0.1, -0.05) is 18.2 Å². The smallest absolute Gasteiger partial charge is 0.321 e. The van der Waals surface area contributed by atoms with Crippen molar-refractivity contribution in [3.8, 4) is 0 Å². The largest absolute Gasteiger partial charge is 0.416 e. The Morgan fingerprint density at radius 1 is 1.00 bits per heavy atom. The summed E-state index contributed by atoms with van der Waals surface area (Å²) in [6.07, 6.45) is -1.27. The molecule has 0 unspecified atom stereocenters. The first-order valence-corrected chi connectivity index (χ1v) is 8.61. The minimum Gasteiger partial charge on any atom is -0.321 e. The number of carbonyl (C=O) groups is 1. The number of hydrogen-bond acceptors (Lipinski definition) is 4. The second kappa shape index (κ2) is 7.34. The molecular formula is C20H14F3N5O. The molecule has 0 spiro atoms. The van der Waals surface area contributed by atoms with Gasteiger partial charge in [0.2, 0.25) is 5.96 Å². The highest BCUT2D eigenvalue weighted by Crippen LogP contribution is 2.32. The predicted octanol–water partition coefficient (Wildman–Crippen LogP) is 3.27. The number of rotatable bonds is 3. The molecule has 0 saturated carbocycles. The Labute approximate surface area is 163 Å². The summed E-state index contributed by atoms with van der Waals surface area (Å²) >= 11 is 0. The molecule has 2 N–H and O–H groups in total. The van der Waals surface area contributed by atoms with Crippen molar-refractivity contribution in [1.29, 1.82) is 0 Å². The van der Waals surface area contributed by atoms with Gasteiger partial charge in [-0.3, -0.25) is 15.1 Å². The van der Waals surface area contributed by atoms with Crippen LogP contribution >= 0.6 is 0 Å². The minimum atomic E-state index is -4.47. The summed E-state index contributed by atoms with van der Waals surface area (Å²) in [5.74, 6) is -0.360. The van der Waals surface area contributed by atoms with Gasteiger partial charge in [0.15, 0.2) is 0 Å². The van der Waals surface area contributed by atoms with Crippen LogP contribution in [-0.4, -0.2) is 21.8 Å². The third-order valence-corrected chi connectivity index (χ3v) is 4.23. The van der Waals surface area contributed by atoms with E-state index >= 15 is 0 Å². The van der Waals surface area contributed by atoms with Crippen molar-refractivity contribution in [3.05, 3.63) is 77.2 Å². The molecule has 2 aromatic heterocycles. The number of nitrogens with one attached hydrogen (secondary N) is 2. The number of guanidine groups is 1. The van der Waals surface area contributed by atoms with Gasteiger partial charge in [0.05, 0.1) is 28.8 Å². The van der Waals surface area contributed by atoms with Crippen LogP contribution in [0.2, 0.25) is 0 Å². The molecule has 0 bridgehead atoms. The van der Waals surface area contributed by atoms with Crippen LogP contribution in [0.25, 0.3) is 17.1 Å².